The molecule has 0 atom stereocenters. The van der Waals surface area contributed by atoms with Crippen molar-refractivity contribution >= 4 is 17.6 Å². The van der Waals surface area contributed by atoms with Gasteiger partial charge in [-0.1, -0.05) is 43.3 Å². The van der Waals surface area contributed by atoms with Gasteiger partial charge < -0.3 is 10.2 Å². The molecule has 1 heterocycles. The van der Waals surface area contributed by atoms with E-state index in [2.05, 4.69) is 10.4 Å². The number of hydrogen-bond acceptors (Lipinski definition) is 3. The van der Waals surface area contributed by atoms with Crippen molar-refractivity contribution in [3.8, 4) is 5.69 Å². The smallest absolute Gasteiger partial charge is 0.274 e. The Kier molecular flexibility index (Phi) is 5.84. The third-order valence-corrected chi connectivity index (χ3v) is 4.23. The summed E-state index contributed by atoms with van der Waals surface area (Å²) in [6.45, 7) is 1.85. The van der Waals surface area contributed by atoms with Crippen LogP contribution in [0.3, 0.4) is 0 Å². The standard InChI is InChI=1S/C21H21FN4O2/c1-3-20(27)23-19-13-18(24-26(19)16-10-5-4-6-11-16)21(28)25(2)14-15-9-7-8-12-17(15)22/h4-13H,3,14H2,1-2H3,(H,23,27). The minimum atomic E-state index is -0.370. The van der Waals surface area contributed by atoms with Crippen LogP contribution in [0, 0.1) is 5.82 Å². The third kappa shape index (κ3) is 4.25. The van der Waals surface area contributed by atoms with E-state index < -0.39 is 0 Å². The second-order valence-corrected chi connectivity index (χ2v) is 6.32. The number of anilines is 1. The Hall–Kier alpha value is -3.48. The van der Waals surface area contributed by atoms with Gasteiger partial charge in [-0.2, -0.15) is 5.10 Å². The summed E-state index contributed by atoms with van der Waals surface area (Å²) in [5, 5.41) is 7.13. The first-order valence-electron chi connectivity index (χ1n) is 8.93. The Balaban J connectivity index is 1.89. The SMILES string of the molecule is CCC(=O)Nc1cc(C(=O)N(C)Cc2ccccc2F)nn1-c1ccccc1. The number of benzene rings is 2. The lowest BCUT2D eigenvalue weighted by atomic mass is 10.2. The molecule has 3 aromatic rings. The highest BCUT2D eigenvalue weighted by Gasteiger charge is 2.20. The molecule has 0 saturated carbocycles. The fraction of sp³-hybridized carbons (Fsp3) is 0.190. The van der Waals surface area contributed by atoms with Crippen molar-refractivity contribution in [2.45, 2.75) is 19.9 Å². The topological polar surface area (TPSA) is 67.2 Å². The van der Waals surface area contributed by atoms with Gasteiger partial charge in [-0.25, -0.2) is 9.07 Å². The minimum Gasteiger partial charge on any atom is -0.336 e. The second-order valence-electron chi connectivity index (χ2n) is 6.32. The molecule has 1 aromatic heterocycles. The normalized spacial score (nSPS) is 10.5. The van der Waals surface area contributed by atoms with E-state index in [0.29, 0.717) is 23.5 Å². The van der Waals surface area contributed by atoms with Crippen molar-refractivity contribution in [1.82, 2.24) is 14.7 Å². The van der Waals surface area contributed by atoms with E-state index in [1.54, 1.807) is 32.2 Å². The number of carbonyl (C=O) groups excluding carboxylic acids is 2. The molecule has 28 heavy (non-hydrogen) atoms. The Morgan fingerprint density at radius 1 is 1.11 bits per heavy atom. The molecule has 0 saturated heterocycles. The highest BCUT2D eigenvalue weighted by atomic mass is 19.1. The Morgan fingerprint density at radius 3 is 2.46 bits per heavy atom. The van der Waals surface area contributed by atoms with Crippen molar-refractivity contribution < 1.29 is 14.0 Å². The zero-order valence-electron chi connectivity index (χ0n) is 15.7. The molecule has 0 radical (unpaired) electrons. The van der Waals surface area contributed by atoms with Gasteiger partial charge in [0.1, 0.15) is 11.6 Å². The van der Waals surface area contributed by atoms with Crippen LogP contribution in [0.25, 0.3) is 5.69 Å². The zero-order valence-corrected chi connectivity index (χ0v) is 15.7. The van der Waals surface area contributed by atoms with Gasteiger partial charge in [-0.15, -0.1) is 0 Å². The molecule has 3 rings (SSSR count). The lowest BCUT2D eigenvalue weighted by Gasteiger charge is -2.16. The predicted octanol–water partition coefficient (Wildman–Crippen LogP) is 3.63. The number of hydrogen-bond donors (Lipinski definition) is 1. The summed E-state index contributed by atoms with van der Waals surface area (Å²) in [6, 6.07) is 17.0. The van der Waals surface area contributed by atoms with Gasteiger partial charge in [0.2, 0.25) is 5.91 Å². The van der Waals surface area contributed by atoms with Gasteiger partial charge in [0.15, 0.2) is 5.69 Å². The van der Waals surface area contributed by atoms with E-state index in [1.165, 1.54) is 21.7 Å². The first-order valence-corrected chi connectivity index (χ1v) is 8.93. The minimum absolute atomic E-state index is 0.111. The van der Waals surface area contributed by atoms with Crippen LogP contribution in [0.1, 0.15) is 29.4 Å². The summed E-state index contributed by atoms with van der Waals surface area (Å²) >= 11 is 0. The number of carbonyl (C=O) groups is 2. The third-order valence-electron chi connectivity index (χ3n) is 4.23. The van der Waals surface area contributed by atoms with E-state index in [4.69, 9.17) is 0 Å². The maximum Gasteiger partial charge on any atom is 0.274 e. The maximum absolute atomic E-state index is 13.9. The second kappa shape index (κ2) is 8.47. The predicted molar refractivity (Wildman–Crippen MR) is 105 cm³/mol. The number of nitrogens with one attached hydrogen (secondary N) is 1. The molecule has 0 aliphatic carbocycles. The van der Waals surface area contributed by atoms with Gasteiger partial charge in [0.25, 0.3) is 5.91 Å². The molecule has 7 heteroatoms. The molecular weight excluding hydrogens is 359 g/mol. The number of aromatic nitrogens is 2. The van der Waals surface area contributed by atoms with Gasteiger partial charge in [-0.3, -0.25) is 9.59 Å². The molecule has 0 unspecified atom stereocenters. The quantitative estimate of drug-likeness (QED) is 0.710. The number of amides is 2. The van der Waals surface area contributed by atoms with Gasteiger partial charge in [-0.05, 0) is 18.2 Å². The van der Waals surface area contributed by atoms with Crippen LogP contribution < -0.4 is 5.32 Å². The summed E-state index contributed by atoms with van der Waals surface area (Å²) in [7, 11) is 1.58. The van der Waals surface area contributed by atoms with Crippen LogP contribution in [-0.4, -0.2) is 33.5 Å². The highest BCUT2D eigenvalue weighted by molar-refractivity contribution is 5.95. The number of nitrogens with zero attached hydrogens (tertiary/aromatic N) is 3. The zero-order chi connectivity index (χ0) is 20.1. The largest absolute Gasteiger partial charge is 0.336 e. The fourth-order valence-corrected chi connectivity index (χ4v) is 2.72. The van der Waals surface area contributed by atoms with Gasteiger partial charge in [0.05, 0.1) is 5.69 Å². The van der Waals surface area contributed by atoms with Crippen LogP contribution in [0.4, 0.5) is 10.2 Å². The van der Waals surface area contributed by atoms with Crippen LogP contribution >= 0.6 is 0 Å². The summed E-state index contributed by atoms with van der Waals surface area (Å²) < 4.78 is 15.4. The first kappa shape index (κ1) is 19.3. The molecular formula is C21H21FN4O2. The van der Waals surface area contributed by atoms with E-state index in [9.17, 15) is 14.0 Å². The molecule has 144 valence electrons. The average Bonchev–Trinajstić information content (AvgIpc) is 3.13. The molecule has 1 N–H and O–H groups in total. The van der Waals surface area contributed by atoms with Crippen molar-refractivity contribution in [1.29, 1.82) is 0 Å². The monoisotopic (exact) mass is 380 g/mol. The van der Waals surface area contributed by atoms with E-state index in [0.717, 1.165) is 0 Å². The van der Waals surface area contributed by atoms with Crippen molar-refractivity contribution in [3.05, 3.63) is 77.7 Å². The number of rotatable bonds is 6. The molecule has 2 amide bonds. The summed E-state index contributed by atoms with van der Waals surface area (Å²) in [4.78, 5) is 26.1. The first-order chi connectivity index (χ1) is 13.5. The van der Waals surface area contributed by atoms with E-state index in [-0.39, 0.29) is 29.9 Å². The Bertz CT molecular complexity index is 985. The molecule has 0 bridgehead atoms. The summed E-state index contributed by atoms with van der Waals surface area (Å²) in [6.07, 6.45) is 0.302. The van der Waals surface area contributed by atoms with Crippen molar-refractivity contribution in [2.75, 3.05) is 12.4 Å². The average molecular weight is 380 g/mol. The van der Waals surface area contributed by atoms with Crippen LogP contribution in [0.5, 0.6) is 0 Å². The molecule has 6 nitrogen and oxygen atoms in total. The summed E-state index contributed by atoms with van der Waals surface area (Å²) in [5.74, 6) is -0.519. The lowest BCUT2D eigenvalue weighted by molar-refractivity contribution is -0.115. The van der Waals surface area contributed by atoms with Crippen LogP contribution in [0.15, 0.2) is 60.7 Å². The van der Waals surface area contributed by atoms with E-state index in [1.807, 2.05) is 30.3 Å². The maximum atomic E-state index is 13.9. The molecule has 0 aliphatic heterocycles. The molecule has 0 spiro atoms. The molecule has 0 fully saturated rings. The highest BCUT2D eigenvalue weighted by Crippen LogP contribution is 2.19. The fourth-order valence-electron chi connectivity index (χ4n) is 2.72. The van der Waals surface area contributed by atoms with Gasteiger partial charge in [0, 0.05) is 31.6 Å². The molecule has 0 aliphatic rings. The Labute approximate surface area is 162 Å². The lowest BCUT2D eigenvalue weighted by Crippen LogP contribution is -2.27. The summed E-state index contributed by atoms with van der Waals surface area (Å²) in [5.41, 5.74) is 1.29. The number of halogens is 1. The van der Waals surface area contributed by atoms with Crippen LogP contribution in [0.2, 0.25) is 0 Å². The number of para-hydroxylation sites is 1. The van der Waals surface area contributed by atoms with E-state index >= 15 is 0 Å². The molecule has 2 aromatic carbocycles. The van der Waals surface area contributed by atoms with Crippen molar-refractivity contribution in [2.24, 2.45) is 0 Å². The van der Waals surface area contributed by atoms with Crippen molar-refractivity contribution in [3.63, 3.8) is 0 Å². The van der Waals surface area contributed by atoms with Gasteiger partial charge >= 0.3 is 0 Å². The Morgan fingerprint density at radius 2 is 1.79 bits per heavy atom. The van der Waals surface area contributed by atoms with Crippen LogP contribution in [-0.2, 0) is 11.3 Å².